The smallest absolute Gasteiger partial charge is 0.271 e. The Morgan fingerprint density at radius 3 is 3.12 bits per heavy atom. The monoisotopic (exact) mass is 224 g/mol. The largest absolute Gasteiger partial charge is 0.396 e. The molecule has 0 saturated heterocycles. The number of nitrogens with two attached hydrogens (primary N) is 1. The minimum Gasteiger partial charge on any atom is -0.396 e. The van der Waals surface area contributed by atoms with E-state index in [9.17, 15) is 4.79 Å². The van der Waals surface area contributed by atoms with E-state index in [2.05, 4.69) is 22.1 Å². The molecular weight excluding hydrogens is 208 g/mol. The number of H-pyrrole nitrogens is 1. The molecule has 0 fully saturated rings. The molecule has 1 rings (SSSR count). The van der Waals surface area contributed by atoms with Crippen LogP contribution in [0.2, 0.25) is 0 Å². The van der Waals surface area contributed by atoms with Crippen molar-refractivity contribution in [3.63, 3.8) is 0 Å². The molecule has 0 spiro atoms. The molecule has 0 unspecified atom stereocenters. The lowest BCUT2D eigenvalue weighted by molar-refractivity contribution is 0.0914. The van der Waals surface area contributed by atoms with Gasteiger partial charge in [0.15, 0.2) is 0 Å². The molecule has 0 saturated carbocycles. The van der Waals surface area contributed by atoms with Crippen LogP contribution in [0.1, 0.15) is 16.9 Å². The van der Waals surface area contributed by atoms with Crippen molar-refractivity contribution in [1.82, 2.24) is 15.5 Å². The zero-order valence-electron chi connectivity index (χ0n) is 9.03. The van der Waals surface area contributed by atoms with Crippen molar-refractivity contribution in [2.45, 2.75) is 6.42 Å². The maximum absolute atomic E-state index is 11.5. The second-order valence-electron chi connectivity index (χ2n) is 3.15. The van der Waals surface area contributed by atoms with Gasteiger partial charge in [0.1, 0.15) is 5.69 Å². The summed E-state index contributed by atoms with van der Waals surface area (Å²) in [6, 6.07) is 0. The van der Waals surface area contributed by atoms with E-state index in [-0.39, 0.29) is 11.6 Å². The van der Waals surface area contributed by atoms with Crippen LogP contribution in [-0.2, 0) is 4.74 Å². The zero-order valence-corrected chi connectivity index (χ0v) is 9.03. The summed E-state index contributed by atoms with van der Waals surface area (Å²) in [4.78, 5) is 11.5. The van der Waals surface area contributed by atoms with Gasteiger partial charge in [-0.15, -0.1) is 6.58 Å². The maximum atomic E-state index is 11.5. The van der Waals surface area contributed by atoms with Gasteiger partial charge in [-0.1, -0.05) is 6.08 Å². The first-order valence-corrected chi connectivity index (χ1v) is 5.01. The molecule has 0 aliphatic carbocycles. The lowest BCUT2D eigenvalue weighted by Gasteiger charge is -2.04. The fraction of sp³-hybridized carbons (Fsp3) is 0.400. The summed E-state index contributed by atoms with van der Waals surface area (Å²) in [5, 5.41) is 8.85. The molecule has 0 aromatic carbocycles. The van der Waals surface area contributed by atoms with Crippen molar-refractivity contribution < 1.29 is 9.53 Å². The Bertz CT molecular complexity index is 348. The summed E-state index contributed by atoms with van der Waals surface area (Å²) in [5.74, 6) is -0.276. The predicted octanol–water partition coefficient (Wildman–Crippen LogP) is 0.314. The van der Waals surface area contributed by atoms with E-state index < -0.39 is 0 Å². The molecule has 1 amide bonds. The van der Waals surface area contributed by atoms with Crippen LogP contribution in [0.15, 0.2) is 18.9 Å². The number of rotatable bonds is 7. The molecule has 16 heavy (non-hydrogen) atoms. The van der Waals surface area contributed by atoms with Gasteiger partial charge in [0.25, 0.3) is 5.91 Å². The molecule has 1 aromatic heterocycles. The van der Waals surface area contributed by atoms with Crippen molar-refractivity contribution in [3.8, 4) is 0 Å². The quantitative estimate of drug-likeness (QED) is 0.459. The number of nitrogens with zero attached hydrogens (tertiary/aromatic N) is 1. The average Bonchev–Trinajstić information content (AvgIpc) is 2.69. The van der Waals surface area contributed by atoms with Gasteiger partial charge in [-0.25, -0.2) is 0 Å². The number of carbonyl (C=O) groups excluding carboxylic acids is 1. The van der Waals surface area contributed by atoms with E-state index in [1.54, 1.807) is 6.08 Å². The molecular formula is C10H16N4O2. The number of carbonyl (C=O) groups is 1. The highest BCUT2D eigenvalue weighted by molar-refractivity contribution is 5.96. The molecule has 0 atom stereocenters. The molecule has 1 aromatic rings. The van der Waals surface area contributed by atoms with E-state index in [1.165, 1.54) is 6.20 Å². The number of hydrogen-bond donors (Lipinski definition) is 3. The Morgan fingerprint density at radius 2 is 2.50 bits per heavy atom. The van der Waals surface area contributed by atoms with Gasteiger partial charge in [0.2, 0.25) is 0 Å². The molecule has 88 valence electrons. The van der Waals surface area contributed by atoms with E-state index in [0.717, 1.165) is 6.42 Å². The number of anilines is 1. The number of amides is 1. The normalized spacial score (nSPS) is 10.0. The number of aromatic amines is 1. The Hall–Kier alpha value is -1.82. The first-order chi connectivity index (χ1) is 7.75. The minimum atomic E-state index is -0.276. The SMILES string of the molecule is C=CCCOCCNC(=O)c1[nH]ncc1N. The van der Waals surface area contributed by atoms with Crippen molar-refractivity contribution >= 4 is 11.6 Å². The topological polar surface area (TPSA) is 93.0 Å². The standard InChI is InChI=1S/C10H16N4O2/c1-2-3-5-16-6-4-12-10(15)9-8(11)7-13-14-9/h2,7H,1,3-6,11H2,(H,12,15)(H,13,14). The molecule has 6 heteroatoms. The summed E-state index contributed by atoms with van der Waals surface area (Å²) >= 11 is 0. The third-order valence-electron chi connectivity index (χ3n) is 1.89. The number of nitrogens with one attached hydrogen (secondary N) is 2. The van der Waals surface area contributed by atoms with Crippen molar-refractivity contribution in [2.24, 2.45) is 0 Å². The molecule has 1 heterocycles. The maximum Gasteiger partial charge on any atom is 0.271 e. The van der Waals surface area contributed by atoms with Crippen molar-refractivity contribution in [1.29, 1.82) is 0 Å². The Balaban J connectivity index is 2.16. The van der Waals surface area contributed by atoms with Gasteiger partial charge >= 0.3 is 0 Å². The third kappa shape index (κ3) is 3.74. The molecule has 0 bridgehead atoms. The zero-order chi connectivity index (χ0) is 11.8. The van der Waals surface area contributed by atoms with Crippen LogP contribution in [0.3, 0.4) is 0 Å². The van der Waals surface area contributed by atoms with Crippen LogP contribution in [0.4, 0.5) is 5.69 Å². The van der Waals surface area contributed by atoms with Crippen molar-refractivity contribution in [2.75, 3.05) is 25.5 Å². The average molecular weight is 224 g/mol. The van der Waals surface area contributed by atoms with Gasteiger partial charge in [0, 0.05) is 6.54 Å². The molecule has 0 radical (unpaired) electrons. The van der Waals surface area contributed by atoms with E-state index in [0.29, 0.717) is 25.4 Å². The first-order valence-electron chi connectivity index (χ1n) is 5.01. The third-order valence-corrected chi connectivity index (χ3v) is 1.89. The highest BCUT2D eigenvalue weighted by Crippen LogP contribution is 2.04. The Kier molecular flexibility index (Phi) is 5.07. The van der Waals surface area contributed by atoms with Gasteiger partial charge in [-0.2, -0.15) is 5.10 Å². The van der Waals surface area contributed by atoms with Gasteiger partial charge in [-0.3, -0.25) is 9.89 Å². The number of aromatic nitrogens is 2. The van der Waals surface area contributed by atoms with Crippen LogP contribution in [0.5, 0.6) is 0 Å². The van der Waals surface area contributed by atoms with Crippen LogP contribution in [0.25, 0.3) is 0 Å². The summed E-state index contributed by atoms with van der Waals surface area (Å²) in [5.41, 5.74) is 6.14. The number of nitrogen functional groups attached to an aromatic ring is 1. The molecule has 6 nitrogen and oxygen atoms in total. The predicted molar refractivity (Wildman–Crippen MR) is 61.0 cm³/mol. The highest BCUT2D eigenvalue weighted by Gasteiger charge is 2.10. The minimum absolute atomic E-state index is 0.276. The van der Waals surface area contributed by atoms with Crippen LogP contribution in [0, 0.1) is 0 Å². The molecule has 0 aliphatic rings. The Labute approximate surface area is 93.9 Å². The fourth-order valence-electron chi connectivity index (χ4n) is 1.07. The Morgan fingerprint density at radius 1 is 1.69 bits per heavy atom. The summed E-state index contributed by atoms with van der Waals surface area (Å²) < 4.78 is 5.23. The first kappa shape index (κ1) is 12.3. The lowest BCUT2D eigenvalue weighted by atomic mass is 10.3. The fourth-order valence-corrected chi connectivity index (χ4v) is 1.07. The van der Waals surface area contributed by atoms with Gasteiger partial charge in [0.05, 0.1) is 25.1 Å². The number of hydrogen-bond acceptors (Lipinski definition) is 4. The summed E-state index contributed by atoms with van der Waals surface area (Å²) in [6.07, 6.45) is 3.99. The van der Waals surface area contributed by atoms with Crippen LogP contribution >= 0.6 is 0 Å². The second kappa shape index (κ2) is 6.62. The van der Waals surface area contributed by atoms with Gasteiger partial charge < -0.3 is 15.8 Å². The number of ether oxygens (including phenoxy) is 1. The van der Waals surface area contributed by atoms with Crippen molar-refractivity contribution in [3.05, 3.63) is 24.5 Å². The molecule has 4 N–H and O–H groups in total. The highest BCUT2D eigenvalue weighted by atomic mass is 16.5. The lowest BCUT2D eigenvalue weighted by Crippen LogP contribution is -2.28. The van der Waals surface area contributed by atoms with E-state index in [4.69, 9.17) is 10.5 Å². The van der Waals surface area contributed by atoms with Crippen LogP contribution < -0.4 is 11.1 Å². The summed E-state index contributed by atoms with van der Waals surface area (Å²) in [7, 11) is 0. The summed E-state index contributed by atoms with van der Waals surface area (Å²) in [6.45, 7) is 5.10. The van der Waals surface area contributed by atoms with Gasteiger partial charge in [-0.05, 0) is 6.42 Å². The second-order valence-corrected chi connectivity index (χ2v) is 3.15. The van der Waals surface area contributed by atoms with Crippen LogP contribution in [-0.4, -0.2) is 35.9 Å². The molecule has 0 aliphatic heterocycles. The van der Waals surface area contributed by atoms with E-state index in [1.807, 2.05) is 0 Å². The van der Waals surface area contributed by atoms with E-state index >= 15 is 0 Å².